The third-order valence-electron chi connectivity index (χ3n) is 3.73. The summed E-state index contributed by atoms with van der Waals surface area (Å²) in [6, 6.07) is 13.8. The predicted molar refractivity (Wildman–Crippen MR) is 94.0 cm³/mol. The van der Waals surface area contributed by atoms with E-state index in [0.29, 0.717) is 11.7 Å². The van der Waals surface area contributed by atoms with Gasteiger partial charge in [0, 0.05) is 0 Å². The number of benzene rings is 2. The summed E-state index contributed by atoms with van der Waals surface area (Å²) in [5.74, 6) is 0.00780. The van der Waals surface area contributed by atoms with Crippen molar-refractivity contribution in [1.82, 2.24) is 0 Å². The molecule has 0 bridgehead atoms. The van der Waals surface area contributed by atoms with Gasteiger partial charge in [0.15, 0.2) is 9.84 Å². The molecule has 2 aromatic carbocycles. The van der Waals surface area contributed by atoms with E-state index in [1.807, 2.05) is 19.1 Å². The Labute approximate surface area is 143 Å². The average molecular weight is 346 g/mol. The molecule has 0 amide bonds. The summed E-state index contributed by atoms with van der Waals surface area (Å²) < 4.78 is 29.6. The highest BCUT2D eigenvalue weighted by atomic mass is 32.2. The van der Waals surface area contributed by atoms with Gasteiger partial charge in [-0.25, -0.2) is 8.42 Å². The van der Waals surface area contributed by atoms with Gasteiger partial charge in [-0.1, -0.05) is 43.7 Å². The van der Waals surface area contributed by atoms with Crippen LogP contribution in [0.3, 0.4) is 0 Å². The minimum Gasteiger partial charge on any atom is -0.427 e. The van der Waals surface area contributed by atoms with E-state index in [9.17, 15) is 13.2 Å². The van der Waals surface area contributed by atoms with Crippen molar-refractivity contribution in [2.75, 3.05) is 5.75 Å². The summed E-state index contributed by atoms with van der Waals surface area (Å²) in [6.07, 6.45) is -0.178. The van der Waals surface area contributed by atoms with Crippen molar-refractivity contribution < 1.29 is 17.9 Å². The molecule has 0 heterocycles. The number of hydrogen-bond donors (Lipinski definition) is 0. The standard InChI is InChI=1S/C19H22O4S/c1-14(2)16-6-8-17(9-7-16)23-19(20)12-13-24(21,22)18-10-4-15(3)5-11-18/h4-11,14H,12-13H2,1-3H3. The maximum absolute atomic E-state index is 12.2. The summed E-state index contributed by atoms with van der Waals surface area (Å²) in [4.78, 5) is 12.1. The Bertz CT molecular complexity index is 788. The zero-order valence-electron chi connectivity index (χ0n) is 14.2. The van der Waals surface area contributed by atoms with Gasteiger partial charge in [-0.15, -0.1) is 0 Å². The largest absolute Gasteiger partial charge is 0.427 e. The number of rotatable bonds is 6. The van der Waals surface area contributed by atoms with Gasteiger partial charge in [0.1, 0.15) is 5.75 Å². The lowest BCUT2D eigenvalue weighted by atomic mass is 10.0. The first-order valence-electron chi connectivity index (χ1n) is 7.88. The highest BCUT2D eigenvalue weighted by Gasteiger charge is 2.17. The first-order chi connectivity index (χ1) is 11.3. The quantitative estimate of drug-likeness (QED) is 0.588. The van der Waals surface area contributed by atoms with E-state index >= 15 is 0 Å². The van der Waals surface area contributed by atoms with Crippen LogP contribution in [0.5, 0.6) is 5.75 Å². The molecule has 5 heteroatoms. The fourth-order valence-electron chi connectivity index (χ4n) is 2.18. The minimum atomic E-state index is -3.48. The molecule has 128 valence electrons. The second-order valence-electron chi connectivity index (χ2n) is 6.08. The summed E-state index contributed by atoms with van der Waals surface area (Å²) in [6.45, 7) is 6.05. The molecule has 24 heavy (non-hydrogen) atoms. The Morgan fingerprint density at radius 2 is 1.58 bits per heavy atom. The maximum Gasteiger partial charge on any atom is 0.312 e. The molecule has 0 aliphatic heterocycles. The Morgan fingerprint density at radius 3 is 2.12 bits per heavy atom. The number of aryl methyl sites for hydroxylation is 1. The molecule has 0 aliphatic carbocycles. The van der Waals surface area contributed by atoms with Gasteiger partial charge >= 0.3 is 5.97 Å². The summed E-state index contributed by atoms with van der Waals surface area (Å²) in [5, 5.41) is 0. The highest BCUT2D eigenvalue weighted by molar-refractivity contribution is 7.91. The topological polar surface area (TPSA) is 60.4 Å². The van der Waals surface area contributed by atoms with Crippen LogP contribution in [0, 0.1) is 6.92 Å². The first-order valence-corrected chi connectivity index (χ1v) is 9.53. The van der Waals surface area contributed by atoms with Crippen LogP contribution in [-0.2, 0) is 14.6 Å². The first kappa shape index (κ1) is 18.2. The Hall–Kier alpha value is -2.14. The molecule has 0 aromatic heterocycles. The molecule has 0 fully saturated rings. The molecule has 2 rings (SSSR count). The Kier molecular flexibility index (Phi) is 5.78. The van der Waals surface area contributed by atoms with Crippen LogP contribution in [0.2, 0.25) is 0 Å². The highest BCUT2D eigenvalue weighted by Crippen LogP contribution is 2.19. The van der Waals surface area contributed by atoms with Gasteiger partial charge in [0.25, 0.3) is 0 Å². The lowest BCUT2D eigenvalue weighted by molar-refractivity contribution is -0.133. The van der Waals surface area contributed by atoms with Gasteiger partial charge in [-0.3, -0.25) is 4.79 Å². The monoisotopic (exact) mass is 346 g/mol. The van der Waals surface area contributed by atoms with Crippen molar-refractivity contribution in [1.29, 1.82) is 0 Å². The van der Waals surface area contributed by atoms with Gasteiger partial charge in [-0.05, 0) is 42.7 Å². The zero-order chi connectivity index (χ0) is 17.7. The van der Waals surface area contributed by atoms with Gasteiger partial charge < -0.3 is 4.74 Å². The molecule has 0 saturated heterocycles. The minimum absolute atomic E-state index is 0.178. The van der Waals surface area contributed by atoms with E-state index in [1.54, 1.807) is 36.4 Å². The zero-order valence-corrected chi connectivity index (χ0v) is 15.0. The van der Waals surface area contributed by atoms with Crippen LogP contribution in [-0.4, -0.2) is 20.1 Å². The molecule has 0 aliphatic rings. The van der Waals surface area contributed by atoms with E-state index < -0.39 is 15.8 Å². The number of sulfone groups is 1. The molecular formula is C19H22O4S. The van der Waals surface area contributed by atoms with Crippen LogP contribution >= 0.6 is 0 Å². The molecule has 2 aromatic rings. The van der Waals surface area contributed by atoms with Crippen molar-refractivity contribution in [3.63, 3.8) is 0 Å². The second-order valence-corrected chi connectivity index (χ2v) is 8.19. The molecule has 0 unspecified atom stereocenters. The summed E-state index contributed by atoms with van der Waals surface area (Å²) >= 11 is 0. The Morgan fingerprint density at radius 1 is 1.00 bits per heavy atom. The molecule has 0 spiro atoms. The van der Waals surface area contributed by atoms with Crippen LogP contribution in [0.25, 0.3) is 0 Å². The van der Waals surface area contributed by atoms with Crippen LogP contribution in [0.15, 0.2) is 53.4 Å². The SMILES string of the molecule is Cc1ccc(S(=O)(=O)CCC(=O)Oc2ccc(C(C)C)cc2)cc1. The van der Waals surface area contributed by atoms with E-state index in [1.165, 1.54) is 0 Å². The molecule has 0 saturated carbocycles. The summed E-state index contributed by atoms with van der Waals surface area (Å²) in [5.41, 5.74) is 2.13. The number of carbonyl (C=O) groups excluding carboxylic acids is 1. The van der Waals surface area contributed by atoms with Crippen molar-refractivity contribution in [2.24, 2.45) is 0 Å². The van der Waals surface area contributed by atoms with Crippen LogP contribution in [0.1, 0.15) is 37.3 Å². The van der Waals surface area contributed by atoms with Crippen LogP contribution in [0.4, 0.5) is 0 Å². The van der Waals surface area contributed by atoms with E-state index in [2.05, 4.69) is 13.8 Å². The fourth-order valence-corrected chi connectivity index (χ4v) is 3.41. The lowest BCUT2D eigenvalue weighted by Gasteiger charge is -2.08. The van der Waals surface area contributed by atoms with E-state index in [4.69, 9.17) is 4.74 Å². The van der Waals surface area contributed by atoms with Crippen LogP contribution < -0.4 is 4.74 Å². The third-order valence-corrected chi connectivity index (χ3v) is 5.47. The van der Waals surface area contributed by atoms with Crippen molar-refractivity contribution in [3.05, 3.63) is 59.7 Å². The van der Waals surface area contributed by atoms with Crippen molar-refractivity contribution in [3.8, 4) is 5.75 Å². The molecule has 4 nitrogen and oxygen atoms in total. The van der Waals surface area contributed by atoms with E-state index in [-0.39, 0.29) is 17.1 Å². The lowest BCUT2D eigenvalue weighted by Crippen LogP contribution is -2.15. The normalized spacial score (nSPS) is 11.5. The van der Waals surface area contributed by atoms with E-state index in [0.717, 1.165) is 11.1 Å². The number of esters is 1. The van der Waals surface area contributed by atoms with Crippen molar-refractivity contribution in [2.45, 2.75) is 38.0 Å². The maximum atomic E-state index is 12.2. The average Bonchev–Trinajstić information content (AvgIpc) is 2.54. The smallest absolute Gasteiger partial charge is 0.312 e. The van der Waals surface area contributed by atoms with Gasteiger partial charge in [0.05, 0.1) is 17.1 Å². The number of hydrogen-bond acceptors (Lipinski definition) is 4. The molecule has 0 N–H and O–H groups in total. The number of ether oxygens (including phenoxy) is 1. The van der Waals surface area contributed by atoms with Gasteiger partial charge in [0.2, 0.25) is 0 Å². The second kappa shape index (κ2) is 7.62. The fraction of sp³-hybridized carbons (Fsp3) is 0.316. The third kappa shape index (κ3) is 4.93. The predicted octanol–water partition coefficient (Wildman–Crippen LogP) is 3.89. The molecule has 0 radical (unpaired) electrons. The molecular weight excluding hydrogens is 324 g/mol. The summed E-state index contributed by atoms with van der Waals surface area (Å²) in [7, 11) is -3.48. The van der Waals surface area contributed by atoms with Gasteiger partial charge in [-0.2, -0.15) is 0 Å². The van der Waals surface area contributed by atoms with Crippen molar-refractivity contribution >= 4 is 15.8 Å². The molecule has 0 atom stereocenters. The Balaban J connectivity index is 1.93. The number of carbonyl (C=O) groups is 1.